The van der Waals surface area contributed by atoms with Crippen LogP contribution in [0.3, 0.4) is 0 Å². The molecule has 2 aromatic heterocycles. The second-order valence-electron chi connectivity index (χ2n) is 8.59. The Bertz CT molecular complexity index is 1070. The molecule has 5 rings (SSSR count). The van der Waals surface area contributed by atoms with Gasteiger partial charge in [-0.15, -0.1) is 10.2 Å². The Morgan fingerprint density at radius 1 is 1.12 bits per heavy atom. The van der Waals surface area contributed by atoms with Gasteiger partial charge in [0.05, 0.1) is 24.6 Å². The third-order valence-corrected chi connectivity index (χ3v) is 6.47. The normalized spacial score (nSPS) is 21.0. The highest BCUT2D eigenvalue weighted by Gasteiger charge is 2.43. The fourth-order valence-electron chi connectivity index (χ4n) is 4.67. The van der Waals surface area contributed by atoms with Crippen LogP contribution in [0.2, 0.25) is 0 Å². The first-order valence-electron chi connectivity index (χ1n) is 11.0. The van der Waals surface area contributed by atoms with E-state index in [2.05, 4.69) is 25.1 Å². The first-order valence-corrected chi connectivity index (χ1v) is 11.0. The van der Waals surface area contributed by atoms with Crippen molar-refractivity contribution in [3.8, 4) is 17.2 Å². The van der Waals surface area contributed by atoms with Gasteiger partial charge in [0.25, 0.3) is 5.89 Å². The molecule has 1 aliphatic heterocycles. The van der Waals surface area contributed by atoms with Gasteiger partial charge in [-0.3, -0.25) is 0 Å². The molecule has 2 fully saturated rings. The molecule has 1 aliphatic carbocycles. The molecule has 0 radical (unpaired) electrons. The van der Waals surface area contributed by atoms with Gasteiger partial charge in [-0.05, 0) is 55.6 Å². The Labute approximate surface area is 184 Å². The van der Waals surface area contributed by atoms with Crippen LogP contribution in [0.5, 0.6) is 5.75 Å². The summed E-state index contributed by atoms with van der Waals surface area (Å²) < 4.78 is 38.5. The predicted molar refractivity (Wildman–Crippen MR) is 113 cm³/mol. The molecule has 0 spiro atoms. The minimum absolute atomic E-state index is 0.171. The SMILES string of the molecule is Cc1nnc(-c2ccc(OCC[C@@H]3C[C@@H]3C3CCN(c4ncc(F)cn4)CC3)cc2F)o1. The van der Waals surface area contributed by atoms with E-state index >= 15 is 0 Å². The van der Waals surface area contributed by atoms with Gasteiger partial charge in [-0.2, -0.15) is 0 Å². The van der Waals surface area contributed by atoms with E-state index in [1.165, 1.54) is 24.9 Å². The summed E-state index contributed by atoms with van der Waals surface area (Å²) in [6, 6.07) is 4.71. The molecule has 1 aromatic carbocycles. The van der Waals surface area contributed by atoms with Gasteiger partial charge in [-0.1, -0.05) is 0 Å². The average Bonchev–Trinajstić information content (AvgIpc) is 3.44. The highest BCUT2D eigenvalue weighted by Crippen LogP contribution is 2.49. The first kappa shape index (κ1) is 20.8. The number of hydrogen-bond acceptors (Lipinski definition) is 7. The molecule has 0 bridgehead atoms. The van der Waals surface area contributed by atoms with E-state index in [1.807, 2.05) is 0 Å². The molecule has 2 atom stereocenters. The second kappa shape index (κ2) is 8.80. The molecule has 3 aromatic rings. The maximum atomic E-state index is 14.4. The van der Waals surface area contributed by atoms with Crippen LogP contribution in [0.25, 0.3) is 11.5 Å². The van der Waals surface area contributed by atoms with E-state index in [-0.39, 0.29) is 11.5 Å². The van der Waals surface area contributed by atoms with Crippen molar-refractivity contribution < 1.29 is 17.9 Å². The Kier molecular flexibility index (Phi) is 5.71. The standard InChI is InChI=1S/C23H25F2N5O2/c1-14-28-29-22(32-14)19-3-2-18(11-21(19)25)31-9-6-16-10-20(16)15-4-7-30(8-5-15)23-26-12-17(24)13-27-23/h2-3,11-13,15-16,20H,4-10H2,1H3/t16-,20-/m1/s1. The van der Waals surface area contributed by atoms with Gasteiger partial charge in [-0.25, -0.2) is 18.7 Å². The number of halogens is 2. The summed E-state index contributed by atoms with van der Waals surface area (Å²) in [4.78, 5) is 10.3. The molecule has 32 heavy (non-hydrogen) atoms. The van der Waals surface area contributed by atoms with Gasteiger partial charge in [0.1, 0.15) is 11.6 Å². The number of anilines is 1. The molecular weight excluding hydrogens is 416 g/mol. The zero-order valence-corrected chi connectivity index (χ0v) is 17.9. The third kappa shape index (κ3) is 4.56. The van der Waals surface area contributed by atoms with Crippen LogP contribution in [-0.2, 0) is 0 Å². The van der Waals surface area contributed by atoms with Crippen LogP contribution in [0.1, 0.15) is 31.6 Å². The summed E-state index contributed by atoms with van der Waals surface area (Å²) in [6.45, 7) is 4.05. The molecule has 168 valence electrons. The van der Waals surface area contributed by atoms with Crippen LogP contribution < -0.4 is 9.64 Å². The summed E-state index contributed by atoms with van der Waals surface area (Å²) in [5, 5.41) is 7.59. The van der Waals surface area contributed by atoms with Crippen LogP contribution in [-0.4, -0.2) is 39.9 Å². The lowest BCUT2D eigenvalue weighted by Crippen LogP contribution is -2.35. The van der Waals surface area contributed by atoms with E-state index in [0.29, 0.717) is 36.0 Å². The lowest BCUT2D eigenvalue weighted by Gasteiger charge is -2.32. The summed E-state index contributed by atoms with van der Waals surface area (Å²) in [5.74, 6) is 2.93. The summed E-state index contributed by atoms with van der Waals surface area (Å²) in [7, 11) is 0. The first-order chi connectivity index (χ1) is 15.6. The van der Waals surface area contributed by atoms with E-state index in [1.54, 1.807) is 19.1 Å². The van der Waals surface area contributed by atoms with Crippen molar-refractivity contribution in [2.75, 3.05) is 24.6 Å². The van der Waals surface area contributed by atoms with Crippen molar-refractivity contribution in [3.05, 3.63) is 48.1 Å². The quantitative estimate of drug-likeness (QED) is 0.537. The maximum Gasteiger partial charge on any atom is 0.250 e. The molecular formula is C23H25F2N5O2. The number of rotatable bonds is 7. The lowest BCUT2D eigenvalue weighted by molar-refractivity contribution is 0.283. The van der Waals surface area contributed by atoms with E-state index in [0.717, 1.165) is 38.3 Å². The van der Waals surface area contributed by atoms with Crippen molar-refractivity contribution in [2.45, 2.75) is 32.6 Å². The van der Waals surface area contributed by atoms with Crippen LogP contribution in [0.15, 0.2) is 35.0 Å². The second-order valence-corrected chi connectivity index (χ2v) is 8.59. The summed E-state index contributed by atoms with van der Waals surface area (Å²) in [5.41, 5.74) is 0.276. The fraction of sp³-hybridized carbons (Fsp3) is 0.478. The highest BCUT2D eigenvalue weighted by atomic mass is 19.1. The number of aryl methyl sites for hydroxylation is 1. The van der Waals surface area contributed by atoms with Crippen LogP contribution >= 0.6 is 0 Å². The van der Waals surface area contributed by atoms with Gasteiger partial charge >= 0.3 is 0 Å². The van der Waals surface area contributed by atoms with Crippen molar-refractivity contribution in [1.29, 1.82) is 0 Å². The van der Waals surface area contributed by atoms with Crippen LogP contribution in [0, 0.1) is 36.3 Å². The lowest BCUT2D eigenvalue weighted by atomic mass is 9.90. The number of benzene rings is 1. The Hall–Kier alpha value is -3.10. The van der Waals surface area contributed by atoms with Gasteiger partial charge in [0.2, 0.25) is 11.8 Å². The Morgan fingerprint density at radius 2 is 1.91 bits per heavy atom. The third-order valence-electron chi connectivity index (χ3n) is 6.47. The molecule has 0 unspecified atom stereocenters. The minimum atomic E-state index is -0.438. The average molecular weight is 441 g/mol. The number of nitrogens with zero attached hydrogens (tertiary/aromatic N) is 5. The monoisotopic (exact) mass is 441 g/mol. The molecule has 0 amide bonds. The highest BCUT2D eigenvalue weighted by molar-refractivity contribution is 5.55. The molecule has 1 saturated heterocycles. The van der Waals surface area contributed by atoms with Crippen molar-refractivity contribution in [2.24, 2.45) is 17.8 Å². The van der Waals surface area contributed by atoms with Gasteiger partial charge < -0.3 is 14.1 Å². The van der Waals surface area contributed by atoms with E-state index in [4.69, 9.17) is 9.15 Å². The van der Waals surface area contributed by atoms with E-state index in [9.17, 15) is 8.78 Å². The van der Waals surface area contributed by atoms with Gasteiger partial charge in [0.15, 0.2) is 5.82 Å². The molecule has 1 saturated carbocycles. The predicted octanol–water partition coefficient (Wildman–Crippen LogP) is 4.43. The largest absolute Gasteiger partial charge is 0.493 e. The Balaban J connectivity index is 1.06. The summed E-state index contributed by atoms with van der Waals surface area (Å²) >= 11 is 0. The number of aromatic nitrogens is 4. The van der Waals surface area contributed by atoms with Crippen LogP contribution in [0.4, 0.5) is 14.7 Å². The zero-order valence-electron chi connectivity index (χ0n) is 17.9. The molecule has 9 heteroatoms. The van der Waals surface area contributed by atoms with Crippen molar-refractivity contribution >= 4 is 5.95 Å². The fourth-order valence-corrected chi connectivity index (χ4v) is 4.67. The van der Waals surface area contributed by atoms with Crippen molar-refractivity contribution in [1.82, 2.24) is 20.2 Å². The molecule has 3 heterocycles. The van der Waals surface area contributed by atoms with Crippen molar-refractivity contribution in [3.63, 3.8) is 0 Å². The number of hydrogen-bond donors (Lipinski definition) is 0. The minimum Gasteiger partial charge on any atom is -0.493 e. The van der Waals surface area contributed by atoms with E-state index < -0.39 is 11.6 Å². The Morgan fingerprint density at radius 3 is 2.59 bits per heavy atom. The molecule has 2 aliphatic rings. The molecule has 7 nitrogen and oxygen atoms in total. The topological polar surface area (TPSA) is 77.2 Å². The smallest absolute Gasteiger partial charge is 0.250 e. The van der Waals surface area contributed by atoms with Gasteiger partial charge in [0, 0.05) is 26.1 Å². The number of ether oxygens (including phenoxy) is 1. The zero-order chi connectivity index (χ0) is 22.1. The number of piperidine rings is 1. The maximum absolute atomic E-state index is 14.4. The molecule has 0 N–H and O–H groups in total. The summed E-state index contributed by atoms with van der Waals surface area (Å²) in [6.07, 6.45) is 6.84.